The Hall–Kier alpha value is -5.61. The van der Waals surface area contributed by atoms with Gasteiger partial charge in [0.1, 0.15) is 0 Å². The summed E-state index contributed by atoms with van der Waals surface area (Å²) in [4.78, 5) is 15.9. The summed E-state index contributed by atoms with van der Waals surface area (Å²) in [6.45, 7) is 0. The molecule has 0 atom stereocenters. The van der Waals surface area contributed by atoms with Crippen molar-refractivity contribution in [3.8, 4) is 28.3 Å². The van der Waals surface area contributed by atoms with Gasteiger partial charge in [0.05, 0.1) is 16.9 Å². The SMILES string of the molecule is O=c1c2ccccc2c2cc(-c3ccc(N4c5ccccc5Oc5ccccc54)cc3)ccc2n1-c1ccccc1. The predicted molar refractivity (Wildman–Crippen MR) is 167 cm³/mol. The van der Waals surface area contributed by atoms with Gasteiger partial charge in [0.25, 0.3) is 5.56 Å². The van der Waals surface area contributed by atoms with E-state index in [1.54, 1.807) is 0 Å². The third-order valence-corrected chi connectivity index (χ3v) is 7.79. The van der Waals surface area contributed by atoms with Crippen molar-refractivity contribution in [1.82, 2.24) is 4.57 Å². The Morgan fingerprint density at radius 2 is 1.05 bits per heavy atom. The molecular formula is C37H24N2O2. The highest BCUT2D eigenvalue weighted by molar-refractivity contribution is 6.07. The van der Waals surface area contributed by atoms with E-state index in [2.05, 4.69) is 59.5 Å². The zero-order valence-corrected chi connectivity index (χ0v) is 22.1. The first-order valence-electron chi connectivity index (χ1n) is 13.7. The predicted octanol–water partition coefficient (Wildman–Crippen LogP) is 9.39. The molecule has 6 aromatic carbocycles. The van der Waals surface area contributed by atoms with Crippen molar-refractivity contribution >= 4 is 38.7 Å². The molecule has 0 unspecified atom stereocenters. The van der Waals surface area contributed by atoms with E-state index < -0.39 is 0 Å². The summed E-state index contributed by atoms with van der Waals surface area (Å²) in [5, 5.41) is 2.71. The van der Waals surface area contributed by atoms with Gasteiger partial charge in [0, 0.05) is 22.1 Å². The fraction of sp³-hybridized carbons (Fsp3) is 0. The van der Waals surface area contributed by atoms with Crippen molar-refractivity contribution in [2.75, 3.05) is 4.90 Å². The second-order valence-corrected chi connectivity index (χ2v) is 10.2. The molecule has 0 spiro atoms. The lowest BCUT2D eigenvalue weighted by Gasteiger charge is -2.32. The fourth-order valence-corrected chi connectivity index (χ4v) is 5.88. The van der Waals surface area contributed by atoms with Crippen LogP contribution >= 0.6 is 0 Å². The minimum atomic E-state index is -0.0116. The smallest absolute Gasteiger partial charge is 0.263 e. The number of hydrogen-bond donors (Lipinski definition) is 0. The monoisotopic (exact) mass is 528 g/mol. The first-order chi connectivity index (χ1) is 20.3. The zero-order valence-electron chi connectivity index (χ0n) is 22.1. The van der Waals surface area contributed by atoms with E-state index in [1.165, 1.54) is 0 Å². The van der Waals surface area contributed by atoms with Gasteiger partial charge in [0.2, 0.25) is 0 Å². The number of hydrogen-bond acceptors (Lipinski definition) is 3. The number of pyridine rings is 1. The summed E-state index contributed by atoms with van der Waals surface area (Å²) in [5.41, 5.74) is 7.01. The highest BCUT2D eigenvalue weighted by Gasteiger charge is 2.25. The third-order valence-electron chi connectivity index (χ3n) is 7.79. The van der Waals surface area contributed by atoms with Gasteiger partial charge >= 0.3 is 0 Å². The van der Waals surface area contributed by atoms with E-state index in [-0.39, 0.29) is 5.56 Å². The Morgan fingerprint density at radius 1 is 0.463 bits per heavy atom. The van der Waals surface area contributed by atoms with Crippen molar-refractivity contribution < 1.29 is 4.74 Å². The average Bonchev–Trinajstić information content (AvgIpc) is 3.04. The minimum absolute atomic E-state index is 0.0116. The van der Waals surface area contributed by atoms with Crippen LogP contribution < -0.4 is 15.2 Å². The highest BCUT2D eigenvalue weighted by Crippen LogP contribution is 2.50. The lowest BCUT2D eigenvalue weighted by Crippen LogP contribution is -2.19. The summed E-state index contributed by atoms with van der Waals surface area (Å²) in [7, 11) is 0. The molecule has 0 bridgehead atoms. The second-order valence-electron chi connectivity index (χ2n) is 10.2. The zero-order chi connectivity index (χ0) is 27.3. The number of fused-ring (bicyclic) bond motifs is 5. The van der Waals surface area contributed by atoms with E-state index in [0.29, 0.717) is 5.39 Å². The molecule has 1 aliphatic rings. The van der Waals surface area contributed by atoms with Crippen LogP contribution in [-0.4, -0.2) is 4.57 Å². The molecule has 0 radical (unpaired) electrons. The number of benzene rings is 6. The molecule has 194 valence electrons. The standard InChI is InChI=1S/C37H24N2O2/c40-37-30-13-5-4-12-29(30)31-24-26(20-23-32(31)39(37)27-10-2-1-3-11-27)25-18-21-28(22-19-25)38-33-14-6-8-16-35(33)41-36-17-9-7-15-34(36)38/h1-24H. The number of anilines is 3. The maximum atomic E-state index is 13.6. The van der Waals surface area contributed by atoms with Crippen molar-refractivity contribution in [2.24, 2.45) is 0 Å². The summed E-state index contributed by atoms with van der Waals surface area (Å²) < 4.78 is 8.00. The van der Waals surface area contributed by atoms with E-state index in [4.69, 9.17) is 4.74 Å². The molecule has 4 heteroatoms. The van der Waals surface area contributed by atoms with E-state index in [1.807, 2.05) is 95.6 Å². The molecule has 41 heavy (non-hydrogen) atoms. The quantitative estimate of drug-likeness (QED) is 0.214. The van der Waals surface area contributed by atoms with Crippen LogP contribution in [0.15, 0.2) is 150 Å². The van der Waals surface area contributed by atoms with Gasteiger partial charge in [-0.2, -0.15) is 0 Å². The summed E-state index contributed by atoms with van der Waals surface area (Å²) in [6.07, 6.45) is 0. The topological polar surface area (TPSA) is 34.5 Å². The van der Waals surface area contributed by atoms with Crippen LogP contribution in [-0.2, 0) is 0 Å². The van der Waals surface area contributed by atoms with E-state index in [0.717, 1.165) is 61.7 Å². The van der Waals surface area contributed by atoms with Crippen LogP contribution in [0.1, 0.15) is 0 Å². The fourth-order valence-electron chi connectivity index (χ4n) is 5.88. The number of rotatable bonds is 3. The molecule has 1 aliphatic heterocycles. The summed E-state index contributed by atoms with van der Waals surface area (Å²) in [5.74, 6) is 1.67. The lowest BCUT2D eigenvalue weighted by molar-refractivity contribution is 0.477. The van der Waals surface area contributed by atoms with Crippen molar-refractivity contribution in [3.63, 3.8) is 0 Å². The number of nitrogens with zero attached hydrogens (tertiary/aromatic N) is 2. The molecule has 8 rings (SSSR count). The normalized spacial score (nSPS) is 12.1. The van der Waals surface area contributed by atoms with Crippen LogP contribution in [0.4, 0.5) is 17.1 Å². The van der Waals surface area contributed by atoms with Crippen LogP contribution in [0.5, 0.6) is 11.5 Å². The first kappa shape index (κ1) is 23.3. The molecular weight excluding hydrogens is 504 g/mol. The maximum Gasteiger partial charge on any atom is 0.263 e. The van der Waals surface area contributed by atoms with E-state index >= 15 is 0 Å². The van der Waals surface area contributed by atoms with Crippen LogP contribution in [0.25, 0.3) is 38.5 Å². The summed E-state index contributed by atoms with van der Waals surface area (Å²) >= 11 is 0. The molecule has 2 heterocycles. The number of para-hydroxylation sites is 5. The number of aromatic nitrogens is 1. The first-order valence-corrected chi connectivity index (χ1v) is 13.7. The van der Waals surface area contributed by atoms with Crippen LogP contribution in [0, 0.1) is 0 Å². The lowest BCUT2D eigenvalue weighted by atomic mass is 9.99. The Labute approximate surface area is 236 Å². The van der Waals surface area contributed by atoms with Gasteiger partial charge in [-0.05, 0) is 83.2 Å². The average molecular weight is 529 g/mol. The van der Waals surface area contributed by atoms with Crippen molar-refractivity contribution in [2.45, 2.75) is 0 Å². The maximum absolute atomic E-state index is 13.6. The number of ether oxygens (including phenoxy) is 1. The van der Waals surface area contributed by atoms with Crippen LogP contribution in [0.2, 0.25) is 0 Å². The Morgan fingerprint density at radius 3 is 1.76 bits per heavy atom. The Balaban J connectivity index is 1.26. The van der Waals surface area contributed by atoms with Crippen molar-refractivity contribution in [1.29, 1.82) is 0 Å². The molecule has 0 saturated carbocycles. The van der Waals surface area contributed by atoms with Crippen molar-refractivity contribution in [3.05, 3.63) is 156 Å². The molecule has 4 nitrogen and oxygen atoms in total. The molecule has 0 saturated heterocycles. The molecule has 0 aliphatic carbocycles. The Kier molecular flexibility index (Phi) is 5.25. The molecule has 0 fully saturated rings. The van der Waals surface area contributed by atoms with Gasteiger partial charge in [0.15, 0.2) is 11.5 Å². The van der Waals surface area contributed by atoms with E-state index in [9.17, 15) is 4.79 Å². The van der Waals surface area contributed by atoms with Gasteiger partial charge in [-0.15, -0.1) is 0 Å². The summed E-state index contributed by atoms with van der Waals surface area (Å²) in [6, 6.07) is 48.9. The molecule has 1 aromatic heterocycles. The molecule has 0 N–H and O–H groups in total. The van der Waals surface area contributed by atoms with Gasteiger partial charge in [-0.3, -0.25) is 9.36 Å². The van der Waals surface area contributed by atoms with Gasteiger partial charge in [-0.1, -0.05) is 78.9 Å². The highest BCUT2D eigenvalue weighted by atomic mass is 16.5. The second kappa shape index (κ2) is 9.25. The third kappa shape index (κ3) is 3.73. The van der Waals surface area contributed by atoms with Crippen LogP contribution in [0.3, 0.4) is 0 Å². The largest absolute Gasteiger partial charge is 0.453 e. The minimum Gasteiger partial charge on any atom is -0.453 e. The molecule has 0 amide bonds. The Bertz CT molecular complexity index is 2100. The van der Waals surface area contributed by atoms with Gasteiger partial charge in [-0.25, -0.2) is 0 Å². The van der Waals surface area contributed by atoms with Gasteiger partial charge < -0.3 is 9.64 Å². The molecule has 7 aromatic rings.